The van der Waals surface area contributed by atoms with Crippen molar-refractivity contribution in [2.24, 2.45) is 5.14 Å². The molecule has 0 aliphatic rings. The number of carbonyl (C=O) groups is 1. The molecule has 0 aromatic heterocycles. The maximum absolute atomic E-state index is 12.6. The van der Waals surface area contributed by atoms with Crippen LogP contribution in [0.3, 0.4) is 0 Å². The van der Waals surface area contributed by atoms with Gasteiger partial charge in [0.25, 0.3) is 5.91 Å². The highest BCUT2D eigenvalue weighted by Crippen LogP contribution is 2.30. The number of carbonyl (C=O) groups excluding carboxylic acids is 1. The molecule has 1 rings (SSSR count). The number of nitrogens with two attached hydrogens (primary N) is 1. The first-order valence-electron chi connectivity index (χ1n) is 6.46. The van der Waals surface area contributed by atoms with Gasteiger partial charge in [0.2, 0.25) is 10.0 Å². The van der Waals surface area contributed by atoms with Crippen molar-refractivity contribution in [1.82, 2.24) is 4.90 Å². The summed E-state index contributed by atoms with van der Waals surface area (Å²) in [4.78, 5) is 13.8. The van der Waals surface area contributed by atoms with E-state index in [4.69, 9.17) is 28.3 Å². The lowest BCUT2D eigenvalue weighted by Gasteiger charge is -2.28. The van der Waals surface area contributed by atoms with Gasteiger partial charge in [0, 0.05) is 17.6 Å². The van der Waals surface area contributed by atoms with Crippen molar-refractivity contribution in [1.29, 1.82) is 0 Å². The molecule has 118 valence electrons. The van der Waals surface area contributed by atoms with E-state index in [0.717, 1.165) is 12.5 Å². The highest BCUT2D eigenvalue weighted by atomic mass is 35.5. The monoisotopic (exact) mass is 352 g/mol. The minimum atomic E-state index is -4.06. The van der Waals surface area contributed by atoms with Gasteiger partial charge in [-0.05, 0) is 32.4 Å². The Labute approximate surface area is 135 Å². The molecule has 0 saturated carbocycles. The zero-order valence-electron chi connectivity index (χ0n) is 12.1. The fraction of sp³-hybridized carbons (Fsp3) is 0.462. The molecule has 0 radical (unpaired) electrons. The van der Waals surface area contributed by atoms with Crippen LogP contribution in [0, 0.1) is 0 Å². The van der Waals surface area contributed by atoms with E-state index in [0.29, 0.717) is 6.54 Å². The molecule has 1 aromatic rings. The summed E-state index contributed by atoms with van der Waals surface area (Å²) in [5, 5.41) is 4.98. The molecular weight excluding hydrogens is 335 g/mol. The summed E-state index contributed by atoms with van der Waals surface area (Å²) < 4.78 is 23.0. The fourth-order valence-electron chi connectivity index (χ4n) is 1.96. The van der Waals surface area contributed by atoms with Crippen LogP contribution in [0.4, 0.5) is 0 Å². The first-order valence-corrected chi connectivity index (χ1v) is 8.76. The molecule has 2 N–H and O–H groups in total. The van der Waals surface area contributed by atoms with Crippen molar-refractivity contribution in [3.05, 3.63) is 27.7 Å². The SMILES string of the molecule is CCC(C)N(CC)C(=O)c1cc(Cl)cc(S(N)(=O)=O)c1Cl. The minimum absolute atomic E-state index is 0.00418. The van der Waals surface area contributed by atoms with E-state index in [-0.39, 0.29) is 32.5 Å². The number of benzene rings is 1. The minimum Gasteiger partial charge on any atom is -0.336 e. The molecule has 0 fully saturated rings. The molecule has 8 heteroatoms. The van der Waals surface area contributed by atoms with Crippen LogP contribution in [-0.4, -0.2) is 31.8 Å². The molecule has 0 aliphatic heterocycles. The fourth-order valence-corrected chi connectivity index (χ4v) is 3.40. The Hall–Kier alpha value is -0.820. The van der Waals surface area contributed by atoms with Gasteiger partial charge in [-0.2, -0.15) is 0 Å². The lowest BCUT2D eigenvalue weighted by Crippen LogP contribution is -2.38. The Balaban J connectivity index is 3.44. The molecule has 1 unspecified atom stereocenters. The number of amides is 1. The van der Waals surface area contributed by atoms with Gasteiger partial charge in [0.1, 0.15) is 4.90 Å². The number of rotatable bonds is 5. The van der Waals surface area contributed by atoms with Crippen LogP contribution in [0.15, 0.2) is 17.0 Å². The zero-order chi connectivity index (χ0) is 16.4. The summed E-state index contributed by atoms with van der Waals surface area (Å²) in [5.74, 6) is -0.371. The normalized spacial score (nSPS) is 13.0. The average molecular weight is 353 g/mol. The lowest BCUT2D eigenvalue weighted by atomic mass is 10.1. The van der Waals surface area contributed by atoms with Gasteiger partial charge < -0.3 is 4.90 Å². The van der Waals surface area contributed by atoms with E-state index in [1.165, 1.54) is 6.07 Å². The summed E-state index contributed by atoms with van der Waals surface area (Å²) in [7, 11) is -4.06. The molecule has 1 atom stereocenters. The third-order valence-corrected chi connectivity index (χ3v) is 4.94. The first-order chi connectivity index (χ1) is 9.63. The Kier molecular flexibility index (Phi) is 6.04. The highest BCUT2D eigenvalue weighted by Gasteiger charge is 2.25. The Morgan fingerprint density at radius 1 is 1.33 bits per heavy atom. The molecule has 0 aliphatic carbocycles. The predicted octanol–water partition coefficient (Wildman–Crippen LogP) is 2.90. The van der Waals surface area contributed by atoms with Crippen LogP contribution in [0.5, 0.6) is 0 Å². The van der Waals surface area contributed by atoms with E-state index >= 15 is 0 Å². The second-order valence-electron chi connectivity index (χ2n) is 4.66. The molecule has 0 bridgehead atoms. The number of hydrogen-bond acceptors (Lipinski definition) is 3. The second kappa shape index (κ2) is 6.96. The predicted molar refractivity (Wildman–Crippen MR) is 84.3 cm³/mol. The second-order valence-corrected chi connectivity index (χ2v) is 7.00. The van der Waals surface area contributed by atoms with Gasteiger partial charge >= 0.3 is 0 Å². The molecule has 1 aromatic carbocycles. The molecule has 0 spiro atoms. The largest absolute Gasteiger partial charge is 0.336 e. The summed E-state index contributed by atoms with van der Waals surface area (Å²) in [6.45, 7) is 6.17. The van der Waals surface area contributed by atoms with Gasteiger partial charge in [0.15, 0.2) is 0 Å². The first kappa shape index (κ1) is 18.2. The van der Waals surface area contributed by atoms with Crippen LogP contribution >= 0.6 is 23.2 Å². The van der Waals surface area contributed by atoms with E-state index in [2.05, 4.69) is 0 Å². The molecule has 5 nitrogen and oxygen atoms in total. The summed E-state index contributed by atoms with van der Waals surface area (Å²) in [6.07, 6.45) is 0.764. The van der Waals surface area contributed by atoms with Gasteiger partial charge in [-0.15, -0.1) is 0 Å². The van der Waals surface area contributed by atoms with Gasteiger partial charge in [-0.1, -0.05) is 30.1 Å². The maximum Gasteiger partial charge on any atom is 0.255 e. The van der Waals surface area contributed by atoms with E-state index in [1.54, 1.807) is 4.90 Å². The van der Waals surface area contributed by atoms with Crippen LogP contribution in [-0.2, 0) is 10.0 Å². The van der Waals surface area contributed by atoms with Crippen molar-refractivity contribution in [2.75, 3.05) is 6.54 Å². The summed E-state index contributed by atoms with van der Waals surface area (Å²) in [5.41, 5.74) is 0.0374. The average Bonchev–Trinajstić information content (AvgIpc) is 2.40. The lowest BCUT2D eigenvalue weighted by molar-refractivity contribution is 0.0700. The highest BCUT2D eigenvalue weighted by molar-refractivity contribution is 7.89. The number of hydrogen-bond donors (Lipinski definition) is 1. The van der Waals surface area contributed by atoms with Crippen LogP contribution in [0.1, 0.15) is 37.6 Å². The molecule has 1 amide bonds. The zero-order valence-corrected chi connectivity index (χ0v) is 14.4. The molecule has 0 heterocycles. The quantitative estimate of drug-likeness (QED) is 0.884. The van der Waals surface area contributed by atoms with Crippen LogP contribution < -0.4 is 5.14 Å². The Bertz CT molecular complexity index is 647. The Morgan fingerprint density at radius 2 is 1.90 bits per heavy atom. The van der Waals surface area contributed by atoms with Gasteiger partial charge in [0.05, 0.1) is 10.6 Å². The van der Waals surface area contributed by atoms with Crippen molar-refractivity contribution < 1.29 is 13.2 Å². The van der Waals surface area contributed by atoms with Gasteiger partial charge in [-0.25, -0.2) is 13.6 Å². The standard InChI is InChI=1S/C13H18Cl2N2O3S/c1-4-8(3)17(5-2)13(18)10-6-9(14)7-11(12(10)15)21(16,19)20/h6-8H,4-5H2,1-3H3,(H2,16,19,20). The molecule has 21 heavy (non-hydrogen) atoms. The third kappa shape index (κ3) is 4.10. The van der Waals surface area contributed by atoms with E-state index < -0.39 is 10.0 Å². The topological polar surface area (TPSA) is 80.5 Å². The van der Waals surface area contributed by atoms with E-state index in [1.807, 2.05) is 20.8 Å². The summed E-state index contributed by atoms with van der Waals surface area (Å²) in [6, 6.07) is 2.48. The van der Waals surface area contributed by atoms with Crippen molar-refractivity contribution in [3.8, 4) is 0 Å². The summed E-state index contributed by atoms with van der Waals surface area (Å²) >= 11 is 11.9. The number of nitrogens with zero attached hydrogens (tertiary/aromatic N) is 1. The van der Waals surface area contributed by atoms with Crippen LogP contribution in [0.2, 0.25) is 10.0 Å². The van der Waals surface area contributed by atoms with Crippen molar-refractivity contribution in [3.63, 3.8) is 0 Å². The van der Waals surface area contributed by atoms with Crippen molar-refractivity contribution >= 4 is 39.1 Å². The van der Waals surface area contributed by atoms with Crippen LogP contribution in [0.25, 0.3) is 0 Å². The van der Waals surface area contributed by atoms with E-state index in [9.17, 15) is 13.2 Å². The van der Waals surface area contributed by atoms with Crippen molar-refractivity contribution in [2.45, 2.75) is 38.1 Å². The third-order valence-electron chi connectivity index (χ3n) is 3.27. The maximum atomic E-state index is 12.6. The smallest absolute Gasteiger partial charge is 0.255 e. The number of primary sulfonamides is 1. The molecular formula is C13H18Cl2N2O3S. The van der Waals surface area contributed by atoms with Gasteiger partial charge in [-0.3, -0.25) is 4.79 Å². The Morgan fingerprint density at radius 3 is 2.33 bits per heavy atom. The number of sulfonamides is 1. The number of halogens is 2. The molecule has 0 saturated heterocycles.